The van der Waals surface area contributed by atoms with E-state index >= 15 is 0 Å². The average Bonchev–Trinajstić information content (AvgIpc) is 3.80. The maximum atomic E-state index is 11.5. The van der Waals surface area contributed by atoms with Gasteiger partial charge in [0, 0.05) is 35.5 Å². The topological polar surface area (TPSA) is 145 Å². The predicted octanol–water partition coefficient (Wildman–Crippen LogP) is 6.71. The number of carbonyl (C=O) groups is 6. The summed E-state index contributed by atoms with van der Waals surface area (Å²) in [6.07, 6.45) is 8.41. The molecule has 261 valence electrons. The molecular weight excluding hydrogens is 723 g/mol. The number of rotatable bonds is 4. The van der Waals surface area contributed by atoms with Crippen LogP contribution < -0.4 is 0 Å². The third-order valence-corrected chi connectivity index (χ3v) is 11.9. The summed E-state index contributed by atoms with van der Waals surface area (Å²) in [6, 6.07) is 0. The Morgan fingerprint density at radius 2 is 0.812 bits per heavy atom. The van der Waals surface area contributed by atoms with Gasteiger partial charge in [-0.15, -0.1) is 13.2 Å². The van der Waals surface area contributed by atoms with E-state index in [9.17, 15) is 28.8 Å². The minimum Gasteiger partial charge on any atom is -0.595 e. The molecule has 0 aromatic heterocycles. The molecule has 48 heavy (non-hydrogen) atoms. The second kappa shape index (κ2) is 19.3. The minimum atomic E-state index is -0.269. The zero-order valence-electron chi connectivity index (χ0n) is 29.3. The largest absolute Gasteiger partial charge is 2.00 e. The molecule has 2 bridgehead atoms. The van der Waals surface area contributed by atoms with Crippen LogP contribution in [0.1, 0.15) is 59.8 Å². The summed E-state index contributed by atoms with van der Waals surface area (Å²) in [4.78, 5) is 68.9. The molecule has 7 fully saturated rings. The first-order chi connectivity index (χ1) is 20.0. The molecule has 7 aliphatic rings. The second-order valence-electron chi connectivity index (χ2n) is 13.4. The van der Waals surface area contributed by atoms with Gasteiger partial charge < -0.3 is 67.0 Å². The maximum absolute atomic E-state index is 11.5. The maximum Gasteiger partial charge on any atom is 2.00 e. The Morgan fingerprint density at radius 1 is 0.521 bits per heavy atom. The van der Waals surface area contributed by atoms with Crippen molar-refractivity contribution < 1.29 is 84.4 Å². The van der Waals surface area contributed by atoms with Gasteiger partial charge in [0.25, 0.3) is 0 Å². The van der Waals surface area contributed by atoms with Crippen molar-refractivity contribution in [3.63, 3.8) is 0 Å². The van der Waals surface area contributed by atoms with Crippen LogP contribution >= 0.6 is 0 Å². The van der Waals surface area contributed by atoms with E-state index in [1.807, 2.05) is 0 Å². The van der Waals surface area contributed by atoms with Gasteiger partial charge >= 0.3 is 55.7 Å². The fourth-order valence-electron chi connectivity index (χ4n) is 9.57. The van der Waals surface area contributed by atoms with Crippen molar-refractivity contribution in [3.05, 3.63) is 63.5 Å². The number of allylic oxidation sites excluding steroid dienone is 2. The van der Waals surface area contributed by atoms with Crippen LogP contribution in [0.15, 0.2) is 25.3 Å². The molecule has 9 nitrogen and oxygen atoms in total. The molecular formula is C36H51N3O6V3. The Labute approximate surface area is 324 Å². The molecule has 7 rings (SSSR count). The van der Waals surface area contributed by atoms with Gasteiger partial charge in [-0.1, -0.05) is 52.7 Å². The zero-order chi connectivity index (χ0) is 30.6. The van der Waals surface area contributed by atoms with E-state index < -0.39 is 0 Å². The van der Waals surface area contributed by atoms with Crippen molar-refractivity contribution in [1.82, 2.24) is 0 Å². The van der Waals surface area contributed by atoms with Crippen molar-refractivity contribution >= 4 is 35.4 Å². The zero-order valence-corrected chi connectivity index (χ0v) is 33.5. The third-order valence-electron chi connectivity index (χ3n) is 11.9. The van der Waals surface area contributed by atoms with Crippen LogP contribution in [-0.4, -0.2) is 35.4 Å². The van der Waals surface area contributed by atoms with Crippen molar-refractivity contribution in [1.29, 1.82) is 0 Å². The number of amides is 6. The number of hydrogen-bond acceptors (Lipinski definition) is 6. The normalized spacial score (nSPS) is 39.9. The second-order valence-corrected chi connectivity index (χ2v) is 13.4. The van der Waals surface area contributed by atoms with E-state index in [2.05, 4.69) is 56.8 Å². The Morgan fingerprint density at radius 3 is 1.10 bits per heavy atom. The summed E-state index contributed by atoms with van der Waals surface area (Å²) in [5, 5.41) is 10.7. The fourth-order valence-corrected chi connectivity index (χ4v) is 9.57. The Kier molecular flexibility index (Phi) is 19.6. The smallest absolute Gasteiger partial charge is 0.595 e. The van der Waals surface area contributed by atoms with Gasteiger partial charge in [-0.25, -0.2) is 0 Å². The number of nitrogens with zero attached hydrogens (tertiary/aromatic N) is 3. The number of imide groups is 3. The summed E-state index contributed by atoms with van der Waals surface area (Å²) < 4.78 is 0. The summed E-state index contributed by atoms with van der Waals surface area (Å²) in [6.45, 7) is 16.0. The van der Waals surface area contributed by atoms with Gasteiger partial charge in [-0.3, -0.25) is 0 Å². The van der Waals surface area contributed by atoms with Crippen LogP contribution in [0.3, 0.4) is 0 Å². The fraction of sp³-hybridized carbons (Fsp3) is 0.639. The van der Waals surface area contributed by atoms with Crippen LogP contribution in [0.4, 0.5) is 0 Å². The Bertz CT molecular complexity index is 1110. The van der Waals surface area contributed by atoms with Crippen molar-refractivity contribution in [2.45, 2.75) is 59.8 Å². The summed E-state index contributed by atoms with van der Waals surface area (Å²) >= 11 is 0. The molecule has 6 amide bonds. The van der Waals surface area contributed by atoms with E-state index in [1.54, 1.807) is 12.2 Å². The van der Waals surface area contributed by atoms with E-state index in [0.717, 1.165) is 32.1 Å². The third kappa shape index (κ3) is 8.07. The van der Waals surface area contributed by atoms with Gasteiger partial charge in [0.15, 0.2) is 0 Å². The molecule has 0 aromatic rings. The first kappa shape index (κ1) is 48.8. The van der Waals surface area contributed by atoms with Gasteiger partial charge in [0.1, 0.15) is 0 Å². The molecule has 0 spiro atoms. The first-order valence-electron chi connectivity index (χ1n) is 15.6. The molecule has 4 aliphatic carbocycles. The van der Waals surface area contributed by atoms with Gasteiger partial charge in [-0.05, 0) is 66.6 Å². The van der Waals surface area contributed by atoms with E-state index in [-0.39, 0.29) is 161 Å². The van der Waals surface area contributed by atoms with E-state index in [4.69, 9.17) is 0 Å². The molecule has 3 heterocycles. The number of hydrogen-bond donors (Lipinski definition) is 0. The molecule has 3 radical (unpaired) electrons. The molecule has 3 saturated heterocycles. The summed E-state index contributed by atoms with van der Waals surface area (Å²) in [5.74, 6) is 1.16. The molecule has 0 aromatic carbocycles. The molecule has 0 N–H and O–H groups in total. The van der Waals surface area contributed by atoms with Crippen LogP contribution in [0.25, 0.3) is 16.0 Å². The Hall–Kier alpha value is -1.35. The summed E-state index contributed by atoms with van der Waals surface area (Å²) in [7, 11) is 0. The van der Waals surface area contributed by atoms with Gasteiger partial charge in [0.2, 0.25) is 0 Å². The first-order valence-corrected chi connectivity index (χ1v) is 15.6. The predicted molar refractivity (Wildman–Crippen MR) is 174 cm³/mol. The Balaban J connectivity index is 0. The minimum absolute atomic E-state index is 0. The van der Waals surface area contributed by atoms with E-state index in [1.165, 1.54) is 0 Å². The molecule has 14 unspecified atom stereocenters. The molecule has 14 atom stereocenters. The average molecular weight is 775 g/mol. The summed E-state index contributed by atoms with van der Waals surface area (Å²) in [5.41, 5.74) is 0. The SMILES string of the molecule is C=CC1CC(C=C)C2C(=O)[N-]C(=O)C12.CC1C(C)C2CC1C1C(=O)[N-]C(=O)C21.CCC1CC(CC)C2C(=O)[N-]C(=O)C12.[CH3-].[CH3-].[CH3-].[V+2].[V+2].[V+2]. The quantitative estimate of drug-likeness (QED) is 0.177. The molecule has 3 aliphatic heterocycles. The van der Waals surface area contributed by atoms with Crippen LogP contribution in [0.2, 0.25) is 0 Å². The van der Waals surface area contributed by atoms with Crippen LogP contribution in [0.5, 0.6) is 0 Å². The van der Waals surface area contributed by atoms with E-state index in [0.29, 0.717) is 35.5 Å². The number of carbonyl (C=O) groups excluding carboxylic acids is 6. The van der Waals surface area contributed by atoms with Crippen molar-refractivity contribution in [2.75, 3.05) is 0 Å². The van der Waals surface area contributed by atoms with Crippen molar-refractivity contribution in [2.24, 2.45) is 82.9 Å². The van der Waals surface area contributed by atoms with Gasteiger partial charge in [0.05, 0.1) is 35.4 Å². The van der Waals surface area contributed by atoms with Crippen LogP contribution in [-0.2, 0) is 84.4 Å². The van der Waals surface area contributed by atoms with Gasteiger partial charge in [-0.2, -0.15) is 0 Å². The van der Waals surface area contributed by atoms with Crippen molar-refractivity contribution in [3.8, 4) is 0 Å². The standard InChI is InChI=1S/C11H15NO2.C11H17NO2.C11H13NO2.3CH3.3V/c1-4-5(2)7-3-6(4)8-9(7)11(14)12-10(8)13;2*1-3-6-5-7(4-2)9-8(6)10(13)12-11(9)14;;;;;;/h4-9H,3H2,1-2H3,(H,12,13,14);6-9H,3-5H2,1-2H3,(H,12,13,14);3-4,6-9H,1-2,5H2,(H,12,13,14);3*1H3;;;/q;;;3*-1;3*+2/p-3. The molecule has 4 saturated carbocycles. The van der Waals surface area contributed by atoms with Crippen LogP contribution in [0, 0.1) is 105 Å². The molecule has 12 heteroatoms. The number of fused-ring (bicyclic) bond motifs is 7. The monoisotopic (exact) mass is 774 g/mol.